The Labute approximate surface area is 129 Å². The van der Waals surface area contributed by atoms with Gasteiger partial charge in [0.2, 0.25) is 0 Å². The molecule has 122 valence electrons. The van der Waals surface area contributed by atoms with E-state index in [1.54, 1.807) is 11.4 Å². The first-order valence-electron chi connectivity index (χ1n) is 8.51. The molecule has 1 saturated heterocycles. The molecule has 3 fully saturated rings. The molecule has 1 heterocycles. The normalized spacial score (nSPS) is 30.5. The molecule has 1 unspecified atom stereocenters. The Morgan fingerprint density at radius 3 is 2.43 bits per heavy atom. The van der Waals surface area contributed by atoms with Crippen molar-refractivity contribution in [3.8, 4) is 0 Å². The van der Waals surface area contributed by atoms with Gasteiger partial charge in [0, 0.05) is 24.7 Å². The number of piperidine rings is 1. The first-order chi connectivity index (χ1) is 10.0. The molecule has 3 rings (SSSR count). The summed E-state index contributed by atoms with van der Waals surface area (Å²) in [6.07, 6.45) is 11.1. The summed E-state index contributed by atoms with van der Waals surface area (Å²) in [5.41, 5.74) is 0.231. The fraction of sp³-hybridized carbons (Fsp3) is 1.00. The van der Waals surface area contributed by atoms with Crippen molar-refractivity contribution in [3.63, 3.8) is 0 Å². The lowest BCUT2D eigenvalue weighted by Gasteiger charge is -2.48. The largest absolute Gasteiger partial charge is 0.311 e. The minimum Gasteiger partial charge on any atom is -0.311 e. The van der Waals surface area contributed by atoms with Crippen molar-refractivity contribution in [1.29, 1.82) is 0 Å². The van der Waals surface area contributed by atoms with Crippen molar-refractivity contribution in [2.24, 2.45) is 0 Å². The molecule has 0 bridgehead atoms. The predicted molar refractivity (Wildman–Crippen MR) is 84.3 cm³/mol. The Morgan fingerprint density at radius 1 is 1.10 bits per heavy atom. The van der Waals surface area contributed by atoms with Crippen LogP contribution in [0.5, 0.6) is 0 Å². The van der Waals surface area contributed by atoms with E-state index in [2.05, 4.69) is 10.0 Å². The third-order valence-corrected chi connectivity index (χ3v) is 7.41. The van der Waals surface area contributed by atoms with Crippen LogP contribution in [0.3, 0.4) is 0 Å². The summed E-state index contributed by atoms with van der Waals surface area (Å²) >= 11 is 0. The maximum Gasteiger partial charge on any atom is 0.279 e. The first-order valence-corrected chi connectivity index (χ1v) is 9.95. The summed E-state index contributed by atoms with van der Waals surface area (Å²) in [5, 5.41) is 3.59. The van der Waals surface area contributed by atoms with Gasteiger partial charge in [0.05, 0.1) is 0 Å². The zero-order valence-corrected chi connectivity index (χ0v) is 13.9. The molecule has 0 aromatic heterocycles. The molecule has 21 heavy (non-hydrogen) atoms. The van der Waals surface area contributed by atoms with E-state index in [0.29, 0.717) is 0 Å². The monoisotopic (exact) mass is 315 g/mol. The second kappa shape index (κ2) is 6.14. The maximum atomic E-state index is 12.6. The van der Waals surface area contributed by atoms with Gasteiger partial charge in [-0.25, -0.2) is 0 Å². The molecule has 1 aliphatic heterocycles. The van der Waals surface area contributed by atoms with Crippen LogP contribution in [-0.2, 0) is 10.2 Å². The van der Waals surface area contributed by atoms with Crippen LogP contribution in [0.15, 0.2) is 0 Å². The van der Waals surface area contributed by atoms with Gasteiger partial charge in [-0.15, -0.1) is 0 Å². The number of nitrogens with one attached hydrogen (secondary N) is 2. The van der Waals surface area contributed by atoms with Gasteiger partial charge >= 0.3 is 0 Å². The molecule has 5 nitrogen and oxygen atoms in total. The van der Waals surface area contributed by atoms with Crippen molar-refractivity contribution in [2.75, 3.05) is 13.6 Å². The average Bonchev–Trinajstić information content (AvgIpc) is 2.45. The van der Waals surface area contributed by atoms with E-state index in [1.807, 2.05) is 0 Å². The SMILES string of the molecule is CN(C1CCCCC1)S(=O)(=O)NC1CCNC2(CCC2)C1. The van der Waals surface area contributed by atoms with Crippen molar-refractivity contribution in [3.05, 3.63) is 0 Å². The molecule has 2 aliphatic carbocycles. The molecular weight excluding hydrogens is 286 g/mol. The number of hydrogen-bond acceptors (Lipinski definition) is 3. The Balaban J connectivity index is 1.59. The Bertz CT molecular complexity index is 456. The lowest BCUT2D eigenvalue weighted by atomic mass is 9.70. The number of hydrogen-bond donors (Lipinski definition) is 2. The second-order valence-corrected chi connectivity index (χ2v) is 8.94. The van der Waals surface area contributed by atoms with Gasteiger partial charge in [0.25, 0.3) is 10.2 Å². The molecule has 3 aliphatic rings. The van der Waals surface area contributed by atoms with Crippen LogP contribution >= 0.6 is 0 Å². The Kier molecular flexibility index (Phi) is 4.60. The summed E-state index contributed by atoms with van der Waals surface area (Å²) in [7, 11) is -1.59. The highest BCUT2D eigenvalue weighted by Crippen LogP contribution is 2.38. The minimum atomic E-state index is -3.34. The van der Waals surface area contributed by atoms with E-state index < -0.39 is 10.2 Å². The van der Waals surface area contributed by atoms with Crippen molar-refractivity contribution < 1.29 is 8.42 Å². The van der Waals surface area contributed by atoms with E-state index in [1.165, 1.54) is 25.7 Å². The fourth-order valence-corrected chi connectivity index (χ4v) is 5.57. The highest BCUT2D eigenvalue weighted by molar-refractivity contribution is 7.87. The molecule has 6 heteroatoms. The van der Waals surface area contributed by atoms with E-state index in [4.69, 9.17) is 0 Å². The third kappa shape index (κ3) is 3.44. The highest BCUT2D eigenvalue weighted by Gasteiger charge is 2.42. The lowest BCUT2D eigenvalue weighted by Crippen LogP contribution is -2.60. The summed E-state index contributed by atoms with van der Waals surface area (Å²) in [6.45, 7) is 0.931. The molecule has 0 aromatic carbocycles. The van der Waals surface area contributed by atoms with E-state index >= 15 is 0 Å². The van der Waals surface area contributed by atoms with Crippen LogP contribution in [0.2, 0.25) is 0 Å². The summed E-state index contributed by atoms with van der Waals surface area (Å²) in [4.78, 5) is 0. The first kappa shape index (κ1) is 15.7. The topological polar surface area (TPSA) is 61.4 Å². The average molecular weight is 315 g/mol. The standard InChI is InChI=1S/C15H29N3O2S/c1-18(14-6-3-2-4-7-14)21(19,20)17-13-8-11-16-15(12-13)9-5-10-15/h13-14,16-17H,2-12H2,1H3. The van der Waals surface area contributed by atoms with Gasteiger partial charge in [-0.1, -0.05) is 19.3 Å². The number of rotatable bonds is 4. The fourth-order valence-electron chi connectivity index (χ4n) is 4.18. The van der Waals surface area contributed by atoms with Crippen LogP contribution in [0.25, 0.3) is 0 Å². The van der Waals surface area contributed by atoms with Gasteiger partial charge in [-0.3, -0.25) is 0 Å². The number of nitrogens with zero attached hydrogens (tertiary/aromatic N) is 1. The minimum absolute atomic E-state index is 0.0996. The summed E-state index contributed by atoms with van der Waals surface area (Å²) < 4.78 is 29.8. The summed E-state index contributed by atoms with van der Waals surface area (Å²) in [6, 6.07) is 0.290. The van der Waals surface area contributed by atoms with Crippen LogP contribution in [0.1, 0.15) is 64.2 Å². The second-order valence-electron chi connectivity index (χ2n) is 7.18. The predicted octanol–water partition coefficient (Wildman–Crippen LogP) is 1.76. The van der Waals surface area contributed by atoms with Gasteiger partial charge in [0.15, 0.2) is 0 Å². The Morgan fingerprint density at radius 2 is 1.81 bits per heavy atom. The molecule has 1 spiro atoms. The molecule has 1 atom stereocenters. The maximum absolute atomic E-state index is 12.6. The van der Waals surface area contributed by atoms with Crippen LogP contribution in [0, 0.1) is 0 Å². The zero-order chi connectivity index (χ0) is 14.9. The van der Waals surface area contributed by atoms with E-state index in [9.17, 15) is 8.42 Å². The van der Waals surface area contributed by atoms with Gasteiger partial charge in [0.1, 0.15) is 0 Å². The van der Waals surface area contributed by atoms with E-state index in [-0.39, 0.29) is 17.6 Å². The molecule has 0 amide bonds. The third-order valence-electron chi connectivity index (χ3n) is 5.72. The quantitative estimate of drug-likeness (QED) is 0.831. The summed E-state index contributed by atoms with van der Waals surface area (Å²) in [5.74, 6) is 0. The van der Waals surface area contributed by atoms with Crippen molar-refractivity contribution in [1.82, 2.24) is 14.3 Å². The Hall–Kier alpha value is -0.170. The molecule has 0 radical (unpaired) electrons. The molecule has 2 saturated carbocycles. The zero-order valence-electron chi connectivity index (χ0n) is 13.1. The van der Waals surface area contributed by atoms with E-state index in [0.717, 1.165) is 45.1 Å². The van der Waals surface area contributed by atoms with Crippen LogP contribution in [-0.4, -0.2) is 43.9 Å². The van der Waals surface area contributed by atoms with Crippen LogP contribution < -0.4 is 10.0 Å². The van der Waals surface area contributed by atoms with Gasteiger partial charge in [-0.05, 0) is 51.5 Å². The molecule has 2 N–H and O–H groups in total. The van der Waals surface area contributed by atoms with Gasteiger partial charge < -0.3 is 5.32 Å². The smallest absolute Gasteiger partial charge is 0.279 e. The lowest BCUT2D eigenvalue weighted by molar-refractivity contribution is 0.125. The van der Waals surface area contributed by atoms with Crippen molar-refractivity contribution >= 4 is 10.2 Å². The van der Waals surface area contributed by atoms with Crippen molar-refractivity contribution in [2.45, 2.75) is 81.8 Å². The van der Waals surface area contributed by atoms with Gasteiger partial charge in [-0.2, -0.15) is 17.4 Å². The molecular formula is C15H29N3O2S. The highest BCUT2D eigenvalue weighted by atomic mass is 32.2. The molecule has 0 aromatic rings. The van der Waals surface area contributed by atoms with Crippen LogP contribution in [0.4, 0.5) is 0 Å².